The molecule has 0 spiro atoms. The molecule has 0 radical (unpaired) electrons. The second kappa shape index (κ2) is 4.00. The van der Waals surface area contributed by atoms with Crippen LogP contribution in [0, 0.1) is 0 Å². The fraction of sp³-hybridized carbons (Fsp3) is 0. The van der Waals surface area contributed by atoms with Gasteiger partial charge in [0.25, 0.3) is 0 Å². The zero-order chi connectivity index (χ0) is 10.8. The van der Waals surface area contributed by atoms with E-state index in [1.165, 1.54) is 5.37 Å². The minimum Gasteiger partial charge on any atom is -0.422 e. The summed E-state index contributed by atoms with van der Waals surface area (Å²) >= 11 is 9.64. The van der Waals surface area contributed by atoms with Gasteiger partial charge >= 0.3 is 5.63 Å². The fourth-order valence-electron chi connectivity index (χ4n) is 1.30. The van der Waals surface area contributed by atoms with Gasteiger partial charge in [-0.25, -0.2) is 4.79 Å². The van der Waals surface area contributed by atoms with E-state index in [-0.39, 0.29) is 0 Å². The van der Waals surface area contributed by atoms with Gasteiger partial charge in [-0.3, -0.25) is 0 Å². The van der Waals surface area contributed by atoms with Gasteiger partial charge in [0.1, 0.15) is 5.58 Å². The Balaban J connectivity index is 2.78. The summed E-state index contributed by atoms with van der Waals surface area (Å²) in [7, 11) is 0. The highest BCUT2D eigenvalue weighted by Crippen LogP contribution is 2.12. The molecular weight excluding hydrogens is 228 g/mol. The topological polar surface area (TPSA) is 30.2 Å². The average molecular weight is 234 g/mol. The van der Waals surface area contributed by atoms with Crippen LogP contribution in [-0.2, 0) is 0 Å². The highest BCUT2D eigenvalue weighted by Gasteiger charge is 2.07. The maximum atomic E-state index is 11.5. The lowest BCUT2D eigenvalue weighted by Gasteiger charge is -1.99. The van der Waals surface area contributed by atoms with Crippen molar-refractivity contribution in [3.63, 3.8) is 0 Å². The van der Waals surface area contributed by atoms with Gasteiger partial charge in [0.05, 0.1) is 10.4 Å². The number of fused-ring (bicyclic) bond motifs is 1. The van der Waals surface area contributed by atoms with Crippen LogP contribution in [0.25, 0.3) is 11.0 Å². The van der Waals surface area contributed by atoms with Crippen LogP contribution in [-0.4, -0.2) is 10.2 Å². The molecule has 0 amide bonds. The lowest BCUT2D eigenvalue weighted by atomic mass is 10.1. The first-order valence-electron chi connectivity index (χ1n) is 4.25. The maximum absolute atomic E-state index is 11.5. The van der Waals surface area contributed by atoms with Gasteiger partial charge in [-0.15, -0.1) is 0 Å². The van der Waals surface area contributed by atoms with Crippen LogP contribution < -0.4 is 5.63 Å². The zero-order valence-corrected chi connectivity index (χ0v) is 9.23. The molecular formula is C11H6O2S2. The summed E-state index contributed by atoms with van der Waals surface area (Å²) in [6.45, 7) is 0. The third-order valence-corrected chi connectivity index (χ3v) is 2.74. The molecule has 1 aromatic heterocycles. The van der Waals surface area contributed by atoms with Crippen LogP contribution in [0.3, 0.4) is 0 Å². The molecule has 0 aliphatic carbocycles. The van der Waals surface area contributed by atoms with Gasteiger partial charge in [0, 0.05) is 10.8 Å². The minimum atomic E-state index is -0.445. The lowest BCUT2D eigenvalue weighted by Crippen LogP contribution is -2.12. The van der Waals surface area contributed by atoms with Crippen molar-refractivity contribution in [2.75, 3.05) is 0 Å². The molecule has 74 valence electrons. The number of hydrogen-bond donors (Lipinski definition) is 0. The number of para-hydroxylation sites is 1. The van der Waals surface area contributed by atoms with Crippen LogP contribution in [0.4, 0.5) is 0 Å². The van der Waals surface area contributed by atoms with E-state index in [4.69, 9.17) is 28.9 Å². The van der Waals surface area contributed by atoms with Crippen LogP contribution in [0.15, 0.2) is 39.5 Å². The van der Waals surface area contributed by atoms with E-state index in [0.29, 0.717) is 16.0 Å². The van der Waals surface area contributed by atoms with E-state index < -0.39 is 5.63 Å². The van der Waals surface area contributed by atoms with E-state index in [1.54, 1.807) is 12.1 Å². The molecule has 1 heterocycles. The summed E-state index contributed by atoms with van der Waals surface area (Å²) in [4.78, 5) is 11.9. The van der Waals surface area contributed by atoms with Crippen molar-refractivity contribution < 1.29 is 4.42 Å². The molecule has 0 aliphatic heterocycles. The molecule has 2 nitrogen and oxygen atoms in total. The van der Waals surface area contributed by atoms with Crippen molar-refractivity contribution in [1.82, 2.24) is 0 Å². The highest BCUT2D eigenvalue weighted by molar-refractivity contribution is 7.88. The van der Waals surface area contributed by atoms with Gasteiger partial charge in [-0.1, -0.05) is 42.6 Å². The van der Waals surface area contributed by atoms with Crippen molar-refractivity contribution in [2.45, 2.75) is 0 Å². The van der Waals surface area contributed by atoms with Gasteiger partial charge in [-0.05, 0) is 12.1 Å². The molecule has 2 rings (SSSR count). The highest BCUT2D eigenvalue weighted by atomic mass is 32.1. The van der Waals surface area contributed by atoms with Crippen molar-refractivity contribution in [1.29, 1.82) is 0 Å². The van der Waals surface area contributed by atoms with E-state index >= 15 is 0 Å². The SMILES string of the molecule is O=c1oc2ccccc2cc1C(=S)C=S. The minimum absolute atomic E-state index is 0.338. The monoisotopic (exact) mass is 234 g/mol. The summed E-state index contributed by atoms with van der Waals surface area (Å²) in [6, 6.07) is 8.97. The third kappa shape index (κ3) is 1.86. The third-order valence-electron chi connectivity index (χ3n) is 2.01. The summed E-state index contributed by atoms with van der Waals surface area (Å²) in [5, 5.41) is 2.14. The number of thiocarbonyl (C=S) groups is 2. The van der Waals surface area contributed by atoms with Gasteiger partial charge in [-0.2, -0.15) is 0 Å². The molecule has 0 atom stereocenters. The van der Waals surface area contributed by atoms with Crippen molar-refractivity contribution >= 4 is 45.6 Å². The Hall–Kier alpha value is -1.39. The Labute approximate surface area is 96.5 Å². The fourth-order valence-corrected chi connectivity index (χ4v) is 1.57. The smallest absolute Gasteiger partial charge is 0.345 e. The standard InChI is InChI=1S/C11H6O2S2/c12-11-8(10(15)6-14)5-7-3-1-2-4-9(7)13-11/h1-6H. The Kier molecular flexibility index (Phi) is 2.70. The molecule has 0 bridgehead atoms. The molecule has 0 unspecified atom stereocenters. The Bertz CT molecular complexity index is 599. The molecule has 4 heteroatoms. The molecule has 0 aliphatic rings. The van der Waals surface area contributed by atoms with Gasteiger partial charge in [0.2, 0.25) is 0 Å². The van der Waals surface area contributed by atoms with Crippen molar-refractivity contribution in [3.8, 4) is 0 Å². The van der Waals surface area contributed by atoms with Gasteiger partial charge in [0.15, 0.2) is 0 Å². The number of benzene rings is 1. The summed E-state index contributed by atoms with van der Waals surface area (Å²) in [5.41, 5.74) is 0.455. The Morgan fingerprint density at radius 1 is 1.33 bits per heavy atom. The molecule has 0 saturated carbocycles. The largest absolute Gasteiger partial charge is 0.422 e. The van der Waals surface area contributed by atoms with Gasteiger partial charge < -0.3 is 4.42 Å². The predicted molar refractivity (Wildman–Crippen MR) is 67.8 cm³/mol. The number of rotatable bonds is 2. The second-order valence-electron chi connectivity index (χ2n) is 2.97. The summed E-state index contributed by atoms with van der Waals surface area (Å²) in [5.74, 6) is 0. The van der Waals surface area contributed by atoms with Crippen molar-refractivity contribution in [2.24, 2.45) is 0 Å². The first-order chi connectivity index (χ1) is 7.22. The number of hydrogen-bond acceptors (Lipinski definition) is 4. The molecule has 0 saturated heterocycles. The Morgan fingerprint density at radius 3 is 2.80 bits per heavy atom. The zero-order valence-electron chi connectivity index (χ0n) is 7.60. The van der Waals surface area contributed by atoms with Crippen molar-refractivity contribution in [3.05, 3.63) is 46.3 Å². The Morgan fingerprint density at radius 2 is 2.07 bits per heavy atom. The van der Waals surface area contributed by atoms with Crippen LogP contribution in [0.5, 0.6) is 0 Å². The lowest BCUT2D eigenvalue weighted by molar-refractivity contribution is 0.560. The van der Waals surface area contributed by atoms with E-state index in [0.717, 1.165) is 5.39 Å². The molecule has 0 fully saturated rings. The first kappa shape index (κ1) is 10.1. The molecule has 15 heavy (non-hydrogen) atoms. The van der Waals surface area contributed by atoms with Crippen LogP contribution in [0.1, 0.15) is 5.56 Å². The van der Waals surface area contributed by atoms with E-state index in [2.05, 4.69) is 0 Å². The summed E-state index contributed by atoms with van der Waals surface area (Å²) < 4.78 is 5.11. The van der Waals surface area contributed by atoms with Crippen LogP contribution >= 0.6 is 24.4 Å². The summed E-state index contributed by atoms with van der Waals surface area (Å²) in [6.07, 6.45) is 0. The normalized spacial score (nSPS) is 10.1. The predicted octanol–water partition coefficient (Wildman–Crippen LogP) is 2.51. The maximum Gasteiger partial charge on any atom is 0.345 e. The second-order valence-corrected chi connectivity index (χ2v) is 3.64. The molecule has 0 N–H and O–H groups in total. The van der Waals surface area contributed by atoms with E-state index in [1.807, 2.05) is 18.2 Å². The first-order valence-corrected chi connectivity index (χ1v) is 5.13. The van der Waals surface area contributed by atoms with E-state index in [9.17, 15) is 4.79 Å². The quantitative estimate of drug-likeness (QED) is 0.454. The molecule has 1 aromatic carbocycles. The molecule has 2 aromatic rings. The van der Waals surface area contributed by atoms with Crippen LogP contribution in [0.2, 0.25) is 0 Å². The average Bonchev–Trinajstić information content (AvgIpc) is 2.27.